The Hall–Kier alpha value is -5.88. The van der Waals surface area contributed by atoms with Crippen molar-refractivity contribution in [3.8, 4) is 27.9 Å². The highest BCUT2D eigenvalue weighted by Crippen LogP contribution is 2.41. The molecular weight excluding hydrogens is 603 g/mol. The molecule has 0 unspecified atom stereocenters. The van der Waals surface area contributed by atoms with E-state index in [9.17, 15) is 0 Å². The first-order chi connectivity index (χ1) is 24.5. The van der Waals surface area contributed by atoms with Gasteiger partial charge in [0.25, 0.3) is 0 Å². The summed E-state index contributed by atoms with van der Waals surface area (Å²) in [4.78, 5) is 0. The summed E-state index contributed by atoms with van der Waals surface area (Å²) >= 11 is 0. The molecule has 0 saturated carbocycles. The minimum absolute atomic E-state index is 1.17. The van der Waals surface area contributed by atoms with E-state index in [-0.39, 0.29) is 0 Å². The van der Waals surface area contributed by atoms with E-state index in [1.165, 1.54) is 88.3 Å². The van der Waals surface area contributed by atoms with Crippen molar-refractivity contribution < 1.29 is 0 Å². The average Bonchev–Trinajstić information content (AvgIpc) is 3.78. The van der Waals surface area contributed by atoms with Crippen molar-refractivity contribution in [1.29, 1.82) is 0 Å². The number of allylic oxidation sites excluding steroid dienone is 5. The molecule has 0 bridgehead atoms. The highest BCUT2D eigenvalue weighted by molar-refractivity contribution is 6.24. The zero-order valence-electron chi connectivity index (χ0n) is 30.1. The van der Waals surface area contributed by atoms with Gasteiger partial charge in [-0.15, -0.1) is 5.73 Å². The third-order valence-corrected chi connectivity index (χ3v) is 9.44. The number of nitrogens with zero attached hydrogens (tertiary/aromatic N) is 1. The second-order valence-electron chi connectivity index (χ2n) is 12.5. The van der Waals surface area contributed by atoms with E-state index in [2.05, 4.69) is 171 Å². The van der Waals surface area contributed by atoms with Gasteiger partial charge in [-0.25, -0.2) is 0 Å². The number of hydrogen-bond donors (Lipinski definition) is 0. The van der Waals surface area contributed by atoms with Crippen molar-refractivity contribution in [3.63, 3.8) is 0 Å². The second-order valence-corrected chi connectivity index (χ2v) is 12.5. The number of rotatable bonds is 5. The maximum absolute atomic E-state index is 3.55. The molecule has 0 radical (unpaired) electrons. The van der Waals surface area contributed by atoms with E-state index >= 15 is 0 Å². The van der Waals surface area contributed by atoms with E-state index in [0.717, 1.165) is 0 Å². The molecule has 6 aromatic carbocycles. The number of benzene rings is 6. The van der Waals surface area contributed by atoms with Crippen molar-refractivity contribution in [2.45, 2.75) is 41.5 Å². The Morgan fingerprint density at radius 3 is 2.12 bits per heavy atom. The van der Waals surface area contributed by atoms with Crippen molar-refractivity contribution in [2.24, 2.45) is 0 Å². The minimum Gasteiger partial charge on any atom is -0.309 e. The van der Waals surface area contributed by atoms with E-state index in [1.54, 1.807) is 6.08 Å². The first kappa shape index (κ1) is 34.0. The summed E-state index contributed by atoms with van der Waals surface area (Å²) in [5, 5.41) is 5.16. The highest BCUT2D eigenvalue weighted by atomic mass is 15.0. The summed E-state index contributed by atoms with van der Waals surface area (Å²) in [5.41, 5.74) is 18.4. The Kier molecular flexibility index (Phi) is 10.3. The van der Waals surface area contributed by atoms with Gasteiger partial charge in [-0.2, -0.15) is 0 Å². The molecule has 0 spiro atoms. The van der Waals surface area contributed by atoms with E-state index < -0.39 is 0 Å². The van der Waals surface area contributed by atoms with Gasteiger partial charge in [-0.3, -0.25) is 0 Å². The standard InChI is InChI=1S/C39H27N.C8H12.C2H6/c1-25-8-3-5-11-32(25)35-24-30(15-14-26(35)2)27-16-20-31(21-17-27)40-36-22-18-28-9-4-6-12-33(28)38(36)39-34-13-7-10-29(34)19-23-37(39)40;1-4-6-7-8(3)5-2;1-2/h3-6,8-24H,1-2H3;4-7H,1H2,2-3H3;1-2H3/b;7-6-,8-5+;. The molecule has 8 rings (SSSR count). The van der Waals surface area contributed by atoms with Crippen LogP contribution in [-0.4, -0.2) is 4.57 Å². The number of fused-ring (bicyclic) bond motifs is 7. The SMILES string of the molecule is C=C/C=C\C(C)=C\C.CC.Cc1ccccc1-c1cc(-c2ccc(-n3c4ccc5c(c4c4c6ccccc6ccc43)C=C=C5)cc2)ccc1C. The molecule has 246 valence electrons. The topological polar surface area (TPSA) is 4.93 Å². The monoisotopic (exact) mass is 647 g/mol. The van der Waals surface area contributed by atoms with Gasteiger partial charge in [-0.05, 0) is 120 Å². The van der Waals surface area contributed by atoms with Gasteiger partial charge in [0.05, 0.1) is 11.0 Å². The summed E-state index contributed by atoms with van der Waals surface area (Å²) < 4.78 is 2.42. The van der Waals surface area contributed by atoms with Gasteiger partial charge < -0.3 is 4.57 Å². The Balaban J connectivity index is 0.000000384. The lowest BCUT2D eigenvalue weighted by atomic mass is 9.93. The van der Waals surface area contributed by atoms with Gasteiger partial charge in [0.1, 0.15) is 0 Å². The fraction of sp³-hybridized carbons (Fsp3) is 0.122. The van der Waals surface area contributed by atoms with Crippen molar-refractivity contribution in [2.75, 3.05) is 0 Å². The fourth-order valence-electron chi connectivity index (χ4n) is 6.77. The van der Waals surface area contributed by atoms with Gasteiger partial charge in [0, 0.05) is 22.0 Å². The largest absolute Gasteiger partial charge is 0.309 e. The van der Waals surface area contributed by atoms with Crippen LogP contribution in [0.1, 0.15) is 49.9 Å². The fourth-order valence-corrected chi connectivity index (χ4v) is 6.77. The molecule has 1 heteroatoms. The maximum Gasteiger partial charge on any atom is 0.0548 e. The molecule has 1 aromatic heterocycles. The van der Waals surface area contributed by atoms with Crippen LogP contribution in [0, 0.1) is 13.8 Å². The highest BCUT2D eigenvalue weighted by Gasteiger charge is 2.19. The summed E-state index contributed by atoms with van der Waals surface area (Å²) in [6.07, 6.45) is 12.0. The van der Waals surface area contributed by atoms with Crippen LogP contribution < -0.4 is 0 Å². The normalized spacial score (nSPS) is 11.8. The van der Waals surface area contributed by atoms with Crippen LogP contribution in [0.15, 0.2) is 157 Å². The third kappa shape index (κ3) is 6.45. The predicted octanol–water partition coefficient (Wildman–Crippen LogP) is 14.2. The van der Waals surface area contributed by atoms with Crippen LogP contribution in [0.4, 0.5) is 0 Å². The predicted molar refractivity (Wildman–Crippen MR) is 221 cm³/mol. The molecule has 1 aliphatic rings. The lowest BCUT2D eigenvalue weighted by molar-refractivity contribution is 1.18. The van der Waals surface area contributed by atoms with Gasteiger partial charge >= 0.3 is 0 Å². The number of hydrogen-bond acceptors (Lipinski definition) is 0. The first-order valence-electron chi connectivity index (χ1n) is 17.6. The quantitative estimate of drug-likeness (QED) is 0.129. The van der Waals surface area contributed by atoms with E-state index in [0.29, 0.717) is 0 Å². The van der Waals surface area contributed by atoms with Gasteiger partial charge in [-0.1, -0.05) is 135 Å². The zero-order chi connectivity index (χ0) is 35.2. The van der Waals surface area contributed by atoms with E-state index in [1.807, 2.05) is 32.9 Å². The Labute approximate surface area is 297 Å². The Morgan fingerprint density at radius 2 is 1.36 bits per heavy atom. The van der Waals surface area contributed by atoms with Crippen molar-refractivity contribution in [1.82, 2.24) is 4.57 Å². The number of aromatic nitrogens is 1. The second kappa shape index (κ2) is 15.1. The van der Waals surface area contributed by atoms with Crippen LogP contribution in [0.25, 0.3) is 72.7 Å². The molecular formula is C49H45N. The Bertz CT molecular complexity index is 2470. The molecule has 0 fully saturated rings. The molecule has 1 nitrogen and oxygen atoms in total. The molecule has 0 saturated heterocycles. The molecule has 1 aliphatic carbocycles. The molecule has 50 heavy (non-hydrogen) atoms. The van der Waals surface area contributed by atoms with Crippen molar-refractivity contribution in [3.05, 3.63) is 180 Å². The third-order valence-electron chi connectivity index (χ3n) is 9.44. The summed E-state index contributed by atoms with van der Waals surface area (Å²) in [5.74, 6) is 0. The van der Waals surface area contributed by atoms with Gasteiger partial charge in [0.15, 0.2) is 0 Å². The molecule has 7 aromatic rings. The molecule has 0 amide bonds. The van der Waals surface area contributed by atoms with Crippen LogP contribution in [0.5, 0.6) is 0 Å². The van der Waals surface area contributed by atoms with Crippen LogP contribution in [-0.2, 0) is 0 Å². The van der Waals surface area contributed by atoms with Crippen molar-refractivity contribution >= 4 is 44.7 Å². The molecule has 1 heterocycles. The smallest absolute Gasteiger partial charge is 0.0548 e. The Morgan fingerprint density at radius 1 is 0.680 bits per heavy atom. The lowest BCUT2D eigenvalue weighted by Gasteiger charge is -2.13. The van der Waals surface area contributed by atoms with Gasteiger partial charge in [0.2, 0.25) is 0 Å². The maximum atomic E-state index is 3.55. The zero-order valence-corrected chi connectivity index (χ0v) is 30.1. The average molecular weight is 648 g/mol. The van der Waals surface area contributed by atoms with E-state index in [4.69, 9.17) is 0 Å². The first-order valence-corrected chi connectivity index (χ1v) is 17.6. The summed E-state index contributed by atoms with van der Waals surface area (Å²) in [6, 6.07) is 42.2. The summed E-state index contributed by atoms with van der Waals surface area (Å²) in [7, 11) is 0. The molecule has 0 aliphatic heterocycles. The van der Waals surface area contributed by atoms with Crippen LogP contribution in [0.3, 0.4) is 0 Å². The molecule has 0 N–H and O–H groups in total. The molecule has 0 atom stereocenters. The lowest BCUT2D eigenvalue weighted by Crippen LogP contribution is -1.94. The summed E-state index contributed by atoms with van der Waals surface area (Å²) in [6.45, 7) is 16.0. The van der Waals surface area contributed by atoms with Crippen LogP contribution >= 0.6 is 0 Å². The van der Waals surface area contributed by atoms with Crippen LogP contribution in [0.2, 0.25) is 0 Å². The number of aryl methyl sites for hydroxylation is 2. The minimum atomic E-state index is 1.17.